The van der Waals surface area contributed by atoms with Gasteiger partial charge >= 0.3 is 0 Å². The van der Waals surface area contributed by atoms with Crippen molar-refractivity contribution < 1.29 is 9.18 Å². The van der Waals surface area contributed by atoms with Crippen molar-refractivity contribution in [2.45, 2.75) is 32.6 Å². The summed E-state index contributed by atoms with van der Waals surface area (Å²) in [5, 5.41) is 7.31. The van der Waals surface area contributed by atoms with E-state index in [0.29, 0.717) is 12.2 Å². The maximum absolute atomic E-state index is 13.4. The number of hydrogen-bond donors (Lipinski definition) is 1. The number of amides is 1. The summed E-state index contributed by atoms with van der Waals surface area (Å²) in [6, 6.07) is 14.2. The average molecular weight is 420 g/mol. The molecule has 1 aromatic carbocycles. The van der Waals surface area contributed by atoms with E-state index >= 15 is 0 Å². The molecular weight excluding hydrogens is 393 g/mol. The SMILES string of the molecule is Cc1cccc2nc(C(=O)N(C)CCCCCc3cc(-c4cccc(F)c4)n[nH]3)cn12. The van der Waals surface area contributed by atoms with Crippen LogP contribution < -0.4 is 0 Å². The Kier molecular flexibility index (Phi) is 6.11. The lowest BCUT2D eigenvalue weighted by Gasteiger charge is -2.15. The lowest BCUT2D eigenvalue weighted by molar-refractivity contribution is 0.0787. The maximum Gasteiger partial charge on any atom is 0.273 e. The van der Waals surface area contributed by atoms with Crippen molar-refractivity contribution in [2.24, 2.45) is 0 Å². The zero-order valence-electron chi connectivity index (χ0n) is 17.8. The number of aryl methyl sites for hydroxylation is 2. The second kappa shape index (κ2) is 9.12. The summed E-state index contributed by atoms with van der Waals surface area (Å²) in [6.07, 6.45) is 5.57. The molecule has 4 rings (SSSR count). The van der Waals surface area contributed by atoms with Gasteiger partial charge in [0.1, 0.15) is 17.2 Å². The van der Waals surface area contributed by atoms with E-state index in [1.165, 1.54) is 12.1 Å². The van der Waals surface area contributed by atoms with Gasteiger partial charge in [-0.1, -0.05) is 24.6 Å². The second-order valence-electron chi connectivity index (χ2n) is 7.85. The molecule has 0 fully saturated rings. The van der Waals surface area contributed by atoms with E-state index in [9.17, 15) is 9.18 Å². The average Bonchev–Trinajstić information content (AvgIpc) is 3.41. The number of hydrogen-bond acceptors (Lipinski definition) is 3. The molecule has 160 valence electrons. The quantitative estimate of drug-likeness (QED) is 0.423. The molecule has 0 radical (unpaired) electrons. The van der Waals surface area contributed by atoms with E-state index in [2.05, 4.69) is 15.2 Å². The zero-order chi connectivity index (χ0) is 21.8. The van der Waals surface area contributed by atoms with Gasteiger partial charge < -0.3 is 9.30 Å². The van der Waals surface area contributed by atoms with Crippen LogP contribution in [0.2, 0.25) is 0 Å². The lowest BCUT2D eigenvalue weighted by Crippen LogP contribution is -2.28. The van der Waals surface area contributed by atoms with Gasteiger partial charge in [0, 0.05) is 36.7 Å². The fraction of sp³-hybridized carbons (Fsp3) is 0.292. The first-order valence-electron chi connectivity index (χ1n) is 10.5. The van der Waals surface area contributed by atoms with Crippen molar-refractivity contribution in [1.29, 1.82) is 0 Å². The number of carbonyl (C=O) groups is 1. The van der Waals surface area contributed by atoms with Crippen molar-refractivity contribution in [3.63, 3.8) is 0 Å². The highest BCUT2D eigenvalue weighted by molar-refractivity contribution is 5.92. The minimum absolute atomic E-state index is 0.0589. The molecule has 0 saturated carbocycles. The topological polar surface area (TPSA) is 66.3 Å². The van der Waals surface area contributed by atoms with Crippen molar-refractivity contribution in [3.8, 4) is 11.3 Å². The minimum Gasteiger partial charge on any atom is -0.340 e. The van der Waals surface area contributed by atoms with Crippen molar-refractivity contribution in [1.82, 2.24) is 24.5 Å². The predicted molar refractivity (Wildman–Crippen MR) is 118 cm³/mol. The van der Waals surface area contributed by atoms with Gasteiger partial charge in [-0.05, 0) is 56.5 Å². The fourth-order valence-corrected chi connectivity index (χ4v) is 3.68. The Morgan fingerprint density at radius 2 is 1.97 bits per heavy atom. The molecule has 4 aromatic rings. The molecule has 0 saturated heterocycles. The molecule has 0 spiro atoms. The normalized spacial score (nSPS) is 11.2. The number of imidazole rings is 1. The third-order valence-electron chi connectivity index (χ3n) is 5.45. The Balaban J connectivity index is 1.23. The Bertz CT molecular complexity index is 1200. The third kappa shape index (κ3) is 4.82. The van der Waals surface area contributed by atoms with Gasteiger partial charge in [-0.3, -0.25) is 9.89 Å². The molecule has 3 aromatic heterocycles. The van der Waals surface area contributed by atoms with Gasteiger partial charge in [0.05, 0.1) is 5.69 Å². The van der Waals surface area contributed by atoms with Gasteiger partial charge in [-0.15, -0.1) is 0 Å². The van der Waals surface area contributed by atoms with E-state index in [4.69, 9.17) is 0 Å². The monoisotopic (exact) mass is 419 g/mol. The second-order valence-corrected chi connectivity index (χ2v) is 7.85. The van der Waals surface area contributed by atoms with E-state index in [-0.39, 0.29) is 11.7 Å². The van der Waals surface area contributed by atoms with Crippen LogP contribution in [0.4, 0.5) is 4.39 Å². The van der Waals surface area contributed by atoms with Crippen LogP contribution in [-0.4, -0.2) is 44.0 Å². The van der Waals surface area contributed by atoms with E-state index in [1.807, 2.05) is 48.7 Å². The highest BCUT2D eigenvalue weighted by Gasteiger charge is 2.15. The van der Waals surface area contributed by atoms with Gasteiger partial charge in [0.2, 0.25) is 0 Å². The molecule has 0 aliphatic heterocycles. The summed E-state index contributed by atoms with van der Waals surface area (Å²) in [7, 11) is 1.82. The molecule has 1 amide bonds. The summed E-state index contributed by atoms with van der Waals surface area (Å²) in [5.41, 5.74) is 4.86. The number of aromatic nitrogens is 4. The largest absolute Gasteiger partial charge is 0.340 e. The van der Waals surface area contributed by atoms with Crippen LogP contribution in [0, 0.1) is 12.7 Å². The van der Waals surface area contributed by atoms with Crippen molar-refractivity contribution in [3.05, 3.63) is 77.6 Å². The first kappa shape index (κ1) is 20.8. The first-order valence-corrected chi connectivity index (χ1v) is 10.5. The Morgan fingerprint density at radius 3 is 2.77 bits per heavy atom. The van der Waals surface area contributed by atoms with Crippen molar-refractivity contribution in [2.75, 3.05) is 13.6 Å². The van der Waals surface area contributed by atoms with Crippen LogP contribution in [0.5, 0.6) is 0 Å². The number of unbranched alkanes of at least 4 members (excludes halogenated alkanes) is 2. The highest BCUT2D eigenvalue weighted by Crippen LogP contribution is 2.19. The fourth-order valence-electron chi connectivity index (χ4n) is 3.68. The maximum atomic E-state index is 13.4. The highest BCUT2D eigenvalue weighted by atomic mass is 19.1. The zero-order valence-corrected chi connectivity index (χ0v) is 17.8. The summed E-state index contributed by atoms with van der Waals surface area (Å²) in [5.74, 6) is -0.323. The van der Waals surface area contributed by atoms with Crippen LogP contribution in [0.25, 0.3) is 16.9 Å². The molecule has 0 aliphatic carbocycles. The van der Waals surface area contributed by atoms with E-state index < -0.39 is 0 Å². The van der Waals surface area contributed by atoms with Gasteiger partial charge in [0.15, 0.2) is 0 Å². The number of benzene rings is 1. The van der Waals surface area contributed by atoms with Crippen LogP contribution >= 0.6 is 0 Å². The number of H-pyrrole nitrogens is 1. The number of nitrogens with one attached hydrogen (secondary N) is 1. The molecular formula is C24H26FN5O. The summed E-state index contributed by atoms with van der Waals surface area (Å²) < 4.78 is 15.3. The van der Waals surface area contributed by atoms with E-state index in [0.717, 1.165) is 54.0 Å². The van der Waals surface area contributed by atoms with Gasteiger partial charge in [-0.25, -0.2) is 9.37 Å². The van der Waals surface area contributed by atoms with Crippen LogP contribution in [0.1, 0.15) is 41.1 Å². The van der Waals surface area contributed by atoms with Crippen LogP contribution in [0.3, 0.4) is 0 Å². The van der Waals surface area contributed by atoms with Gasteiger partial charge in [-0.2, -0.15) is 5.10 Å². The molecule has 0 unspecified atom stereocenters. The van der Waals surface area contributed by atoms with E-state index in [1.54, 1.807) is 17.2 Å². The molecule has 31 heavy (non-hydrogen) atoms. The molecule has 1 N–H and O–H groups in total. The Hall–Kier alpha value is -3.48. The van der Waals surface area contributed by atoms with Crippen LogP contribution in [-0.2, 0) is 6.42 Å². The predicted octanol–water partition coefficient (Wildman–Crippen LogP) is 4.66. The Morgan fingerprint density at radius 1 is 1.13 bits per heavy atom. The number of aromatic amines is 1. The summed E-state index contributed by atoms with van der Waals surface area (Å²) >= 11 is 0. The first-order chi connectivity index (χ1) is 15.0. The summed E-state index contributed by atoms with van der Waals surface area (Å²) in [6.45, 7) is 2.68. The smallest absolute Gasteiger partial charge is 0.273 e. The molecule has 7 heteroatoms. The van der Waals surface area contributed by atoms with Gasteiger partial charge in [0.25, 0.3) is 5.91 Å². The number of rotatable bonds is 8. The number of fused-ring (bicyclic) bond motifs is 1. The van der Waals surface area contributed by atoms with Crippen molar-refractivity contribution >= 4 is 11.6 Å². The molecule has 3 heterocycles. The number of halogens is 1. The molecule has 0 atom stereocenters. The Labute approximate surface area is 180 Å². The summed E-state index contributed by atoms with van der Waals surface area (Å²) in [4.78, 5) is 18.9. The molecule has 6 nitrogen and oxygen atoms in total. The number of carbonyl (C=O) groups excluding carboxylic acids is 1. The van der Waals surface area contributed by atoms with Crippen LogP contribution in [0.15, 0.2) is 54.7 Å². The third-order valence-corrected chi connectivity index (χ3v) is 5.45. The molecule has 0 aliphatic rings. The minimum atomic E-state index is -0.264. The lowest BCUT2D eigenvalue weighted by atomic mass is 10.1. The number of nitrogens with zero attached hydrogens (tertiary/aromatic N) is 4. The standard InChI is InChI=1S/C24H26FN5O/c1-17-8-6-12-23-26-22(16-30(17)23)24(31)29(2)13-5-3-4-11-20-15-21(28-27-20)18-9-7-10-19(25)14-18/h6-10,12,14-16H,3-5,11,13H2,1-2H3,(H,27,28). The molecule has 0 bridgehead atoms. The number of pyridine rings is 1.